The number of hydrogen-bond donors (Lipinski definition) is 3. The van der Waals surface area contributed by atoms with E-state index >= 15 is 0 Å². The van der Waals surface area contributed by atoms with Crippen molar-refractivity contribution in [2.24, 2.45) is 5.73 Å². The molecule has 1 atom stereocenters. The molecule has 0 unspecified atom stereocenters. The van der Waals surface area contributed by atoms with Crippen LogP contribution in [0.25, 0.3) is 21.8 Å². The normalized spacial score (nSPS) is 12.2. The Labute approximate surface area is 161 Å². The fourth-order valence-electron chi connectivity index (χ4n) is 2.46. The van der Waals surface area contributed by atoms with E-state index in [4.69, 9.17) is 17.3 Å². The van der Waals surface area contributed by atoms with Gasteiger partial charge in [0.1, 0.15) is 11.6 Å². The average molecular weight is 389 g/mol. The maximum Gasteiger partial charge on any atom is 0.165 e. The molecule has 0 saturated heterocycles. The van der Waals surface area contributed by atoms with Gasteiger partial charge in [-0.3, -0.25) is 0 Å². The molecule has 0 radical (unpaired) electrons. The highest BCUT2D eigenvalue weighted by Crippen LogP contribution is 2.35. The van der Waals surface area contributed by atoms with Crippen molar-refractivity contribution < 1.29 is 5.11 Å². The predicted octanol–water partition coefficient (Wildman–Crippen LogP) is 4.69. The number of thiophene rings is 1. The van der Waals surface area contributed by atoms with Crippen LogP contribution in [-0.2, 0) is 0 Å². The van der Waals surface area contributed by atoms with Crippen molar-refractivity contribution in [3.05, 3.63) is 46.4 Å². The Bertz CT molecular complexity index is 912. The number of aromatic nitrogens is 2. The number of phenols is 1. The molecule has 4 N–H and O–H groups in total. The molecule has 0 aliphatic rings. The van der Waals surface area contributed by atoms with Gasteiger partial charge in [-0.15, -0.1) is 11.3 Å². The number of benzene rings is 1. The maximum atomic E-state index is 10.1. The van der Waals surface area contributed by atoms with Gasteiger partial charge < -0.3 is 16.2 Å². The molecule has 2 heterocycles. The summed E-state index contributed by atoms with van der Waals surface area (Å²) in [5.41, 5.74) is 8.65. The fraction of sp³-hybridized carbons (Fsp3) is 0.263. The molecule has 2 aromatic heterocycles. The SMILES string of the molecule is CC[C@@H](N)CNc1nc(-c2cc(Cl)ccc2O)ncc1-c1cc(C)cs1. The van der Waals surface area contributed by atoms with Crippen LogP contribution in [0.15, 0.2) is 35.8 Å². The number of halogens is 1. The van der Waals surface area contributed by atoms with Gasteiger partial charge in [0.2, 0.25) is 0 Å². The van der Waals surface area contributed by atoms with Crippen molar-refractivity contribution in [2.75, 3.05) is 11.9 Å². The van der Waals surface area contributed by atoms with Crippen LogP contribution in [0.5, 0.6) is 5.75 Å². The van der Waals surface area contributed by atoms with Crippen LogP contribution in [0.1, 0.15) is 18.9 Å². The molecule has 26 heavy (non-hydrogen) atoms. The van der Waals surface area contributed by atoms with Gasteiger partial charge in [0.25, 0.3) is 0 Å². The Kier molecular flexibility index (Phi) is 5.76. The van der Waals surface area contributed by atoms with Crippen LogP contribution in [0, 0.1) is 6.92 Å². The topological polar surface area (TPSA) is 84.1 Å². The van der Waals surface area contributed by atoms with E-state index < -0.39 is 0 Å². The minimum Gasteiger partial charge on any atom is -0.507 e. The van der Waals surface area contributed by atoms with Gasteiger partial charge in [0.15, 0.2) is 5.82 Å². The number of phenolic OH excluding ortho intramolecular Hbond substituents is 1. The maximum absolute atomic E-state index is 10.1. The van der Waals surface area contributed by atoms with Crippen molar-refractivity contribution in [1.82, 2.24) is 9.97 Å². The van der Waals surface area contributed by atoms with E-state index in [0.717, 1.165) is 16.9 Å². The summed E-state index contributed by atoms with van der Waals surface area (Å²) in [5.74, 6) is 1.19. The molecule has 3 rings (SSSR count). The number of anilines is 1. The van der Waals surface area contributed by atoms with Crippen molar-refractivity contribution in [2.45, 2.75) is 26.3 Å². The van der Waals surface area contributed by atoms with E-state index in [1.807, 2.05) is 6.92 Å². The number of aryl methyl sites for hydroxylation is 1. The quantitative estimate of drug-likeness (QED) is 0.570. The minimum absolute atomic E-state index is 0.0332. The lowest BCUT2D eigenvalue weighted by molar-refractivity contribution is 0.477. The van der Waals surface area contributed by atoms with E-state index in [1.165, 1.54) is 11.6 Å². The molecule has 1 aromatic carbocycles. The molecule has 0 saturated carbocycles. The molecule has 5 nitrogen and oxygen atoms in total. The standard InChI is InChI=1S/C19H21ClN4OS/c1-3-13(21)8-22-19-15(17-6-11(2)10-26-17)9-23-18(24-19)14-7-12(20)4-5-16(14)25/h4-7,9-10,13,25H,3,8,21H2,1-2H3,(H,22,23,24)/t13-/m1/s1. The van der Waals surface area contributed by atoms with E-state index in [-0.39, 0.29) is 11.8 Å². The van der Waals surface area contributed by atoms with Crippen LogP contribution in [0.3, 0.4) is 0 Å². The fourth-order valence-corrected chi connectivity index (χ4v) is 3.54. The minimum atomic E-state index is 0.0332. The lowest BCUT2D eigenvalue weighted by Crippen LogP contribution is -2.28. The monoisotopic (exact) mass is 388 g/mol. The molecular weight excluding hydrogens is 368 g/mol. The van der Waals surface area contributed by atoms with Gasteiger partial charge in [0.05, 0.1) is 11.1 Å². The summed E-state index contributed by atoms with van der Waals surface area (Å²) in [6, 6.07) is 6.96. The average Bonchev–Trinajstić information content (AvgIpc) is 3.07. The second-order valence-electron chi connectivity index (χ2n) is 6.15. The molecule has 0 bridgehead atoms. The zero-order valence-electron chi connectivity index (χ0n) is 14.7. The van der Waals surface area contributed by atoms with Gasteiger partial charge in [-0.1, -0.05) is 18.5 Å². The van der Waals surface area contributed by atoms with Crippen LogP contribution in [0.2, 0.25) is 5.02 Å². The molecule has 3 aromatic rings. The first-order valence-corrected chi connectivity index (χ1v) is 9.64. The Morgan fingerprint density at radius 1 is 1.31 bits per heavy atom. The van der Waals surface area contributed by atoms with Crippen LogP contribution < -0.4 is 11.1 Å². The number of hydrogen-bond acceptors (Lipinski definition) is 6. The number of nitrogens with one attached hydrogen (secondary N) is 1. The molecule has 0 amide bonds. The Morgan fingerprint density at radius 3 is 2.81 bits per heavy atom. The highest BCUT2D eigenvalue weighted by atomic mass is 35.5. The first-order chi connectivity index (χ1) is 12.5. The van der Waals surface area contributed by atoms with Gasteiger partial charge in [-0.05, 0) is 48.6 Å². The molecule has 0 fully saturated rings. The molecule has 0 aliphatic heterocycles. The summed E-state index contributed by atoms with van der Waals surface area (Å²) >= 11 is 7.70. The summed E-state index contributed by atoms with van der Waals surface area (Å²) < 4.78 is 0. The van der Waals surface area contributed by atoms with Gasteiger partial charge in [-0.25, -0.2) is 9.97 Å². The Hall–Kier alpha value is -2.15. The lowest BCUT2D eigenvalue weighted by atomic mass is 10.1. The third-order valence-corrected chi connectivity index (χ3v) is 5.36. The number of nitrogens with zero attached hydrogens (tertiary/aromatic N) is 2. The van der Waals surface area contributed by atoms with Gasteiger partial charge >= 0.3 is 0 Å². The zero-order chi connectivity index (χ0) is 18.7. The summed E-state index contributed by atoms with van der Waals surface area (Å²) in [4.78, 5) is 10.2. The summed E-state index contributed by atoms with van der Waals surface area (Å²) in [6.07, 6.45) is 2.64. The first kappa shape index (κ1) is 18.6. The highest BCUT2D eigenvalue weighted by Gasteiger charge is 2.15. The number of nitrogens with two attached hydrogens (primary N) is 1. The zero-order valence-corrected chi connectivity index (χ0v) is 16.2. The first-order valence-electron chi connectivity index (χ1n) is 8.38. The van der Waals surface area contributed by atoms with Crippen molar-refractivity contribution in [1.29, 1.82) is 0 Å². The second-order valence-corrected chi connectivity index (χ2v) is 7.50. The van der Waals surface area contributed by atoms with Crippen LogP contribution >= 0.6 is 22.9 Å². The summed E-state index contributed by atoms with van der Waals surface area (Å²) in [5, 5.41) is 16.1. The van der Waals surface area contributed by atoms with E-state index in [9.17, 15) is 5.11 Å². The number of rotatable bonds is 6. The Balaban J connectivity index is 2.04. The summed E-state index contributed by atoms with van der Waals surface area (Å²) in [6.45, 7) is 4.70. The van der Waals surface area contributed by atoms with E-state index in [2.05, 4.69) is 33.7 Å². The molecular formula is C19H21ClN4OS. The third-order valence-electron chi connectivity index (χ3n) is 4.04. The second kappa shape index (κ2) is 8.03. The molecule has 0 spiro atoms. The molecule has 136 valence electrons. The van der Waals surface area contributed by atoms with Gasteiger partial charge in [-0.2, -0.15) is 0 Å². The van der Waals surface area contributed by atoms with E-state index in [1.54, 1.807) is 29.7 Å². The third kappa shape index (κ3) is 4.15. The van der Waals surface area contributed by atoms with Crippen molar-refractivity contribution in [3.8, 4) is 27.6 Å². The Morgan fingerprint density at radius 2 is 2.12 bits per heavy atom. The predicted molar refractivity (Wildman–Crippen MR) is 109 cm³/mol. The molecule has 0 aliphatic carbocycles. The van der Waals surface area contributed by atoms with Crippen LogP contribution in [-0.4, -0.2) is 27.7 Å². The largest absolute Gasteiger partial charge is 0.507 e. The highest BCUT2D eigenvalue weighted by molar-refractivity contribution is 7.13. The lowest BCUT2D eigenvalue weighted by Gasteiger charge is -2.15. The summed E-state index contributed by atoms with van der Waals surface area (Å²) in [7, 11) is 0. The number of aromatic hydroxyl groups is 1. The van der Waals surface area contributed by atoms with Crippen molar-refractivity contribution >= 4 is 28.8 Å². The van der Waals surface area contributed by atoms with Gasteiger partial charge in [0, 0.05) is 28.7 Å². The van der Waals surface area contributed by atoms with Crippen molar-refractivity contribution in [3.63, 3.8) is 0 Å². The molecule has 7 heteroatoms. The van der Waals surface area contributed by atoms with Crippen LogP contribution in [0.4, 0.5) is 5.82 Å². The smallest absolute Gasteiger partial charge is 0.165 e. The van der Waals surface area contributed by atoms with E-state index in [0.29, 0.717) is 28.8 Å².